The Labute approximate surface area is 112 Å². The van der Waals surface area contributed by atoms with Crippen molar-refractivity contribution in [2.75, 3.05) is 0 Å². The summed E-state index contributed by atoms with van der Waals surface area (Å²) in [6, 6.07) is 6.37. The van der Waals surface area contributed by atoms with E-state index in [0.717, 1.165) is 5.56 Å². The van der Waals surface area contributed by atoms with Gasteiger partial charge in [0.15, 0.2) is 0 Å². The van der Waals surface area contributed by atoms with Gasteiger partial charge in [-0.3, -0.25) is 0 Å². The Balaban J connectivity index is 2.13. The molecule has 1 saturated carbocycles. The van der Waals surface area contributed by atoms with Crippen molar-refractivity contribution >= 4 is 17.8 Å². The second-order valence-electron chi connectivity index (χ2n) is 5.27. The van der Waals surface area contributed by atoms with Crippen LogP contribution >= 0.6 is 11.8 Å². The zero-order valence-corrected chi connectivity index (χ0v) is 11.5. The number of nitrogens with zero attached hydrogens (tertiary/aromatic N) is 1. The van der Waals surface area contributed by atoms with Gasteiger partial charge in [0.05, 0.1) is 11.6 Å². The minimum atomic E-state index is 0.495. The van der Waals surface area contributed by atoms with Crippen molar-refractivity contribution in [2.24, 2.45) is 5.92 Å². The molecule has 18 heavy (non-hydrogen) atoms. The fourth-order valence-electron chi connectivity index (χ4n) is 2.26. The van der Waals surface area contributed by atoms with E-state index in [1.54, 1.807) is 11.8 Å². The number of thioether (sulfide) groups is 1. The number of hydrogen-bond acceptors (Lipinski definition) is 2. The molecule has 0 spiro atoms. The second-order valence-corrected chi connectivity index (χ2v) is 6.36. The lowest BCUT2D eigenvalue weighted by atomic mass is 9.99. The average molecular weight is 253 g/mol. The number of benzene rings is 1. The molecule has 0 radical (unpaired) electrons. The number of hydrogen-bond donors (Lipinski definition) is 0. The maximum Gasteiger partial charge on any atom is 0.0992 e. The highest BCUT2D eigenvalue weighted by Crippen LogP contribution is 2.47. The van der Waals surface area contributed by atoms with Crippen molar-refractivity contribution in [1.29, 1.82) is 5.26 Å². The molecule has 1 aromatic rings. The lowest BCUT2D eigenvalue weighted by Crippen LogP contribution is -1.97. The van der Waals surface area contributed by atoms with Gasteiger partial charge in [0.1, 0.15) is 0 Å². The molecule has 0 unspecified atom stereocenters. The summed E-state index contributed by atoms with van der Waals surface area (Å²) < 4.78 is 0. The molecule has 0 atom stereocenters. The normalized spacial score (nSPS) is 17.3. The third-order valence-electron chi connectivity index (χ3n) is 3.42. The van der Waals surface area contributed by atoms with E-state index in [1.807, 2.05) is 6.07 Å². The molecule has 2 aliphatic rings. The van der Waals surface area contributed by atoms with Crippen LogP contribution in [0.4, 0.5) is 0 Å². The molecule has 2 heteroatoms. The summed E-state index contributed by atoms with van der Waals surface area (Å²) in [5.74, 6) is 1.17. The SMILES string of the molecule is CC(C)C1=C=Cc2c(cc(C#N)cc2C2CC2)S1. The Kier molecular flexibility index (Phi) is 2.82. The molecular formula is C16H15NS. The van der Waals surface area contributed by atoms with Crippen molar-refractivity contribution in [3.8, 4) is 6.07 Å². The quantitative estimate of drug-likeness (QED) is 0.714. The fourth-order valence-corrected chi connectivity index (χ4v) is 3.32. The first kappa shape index (κ1) is 11.7. The van der Waals surface area contributed by atoms with Crippen molar-refractivity contribution in [1.82, 2.24) is 0 Å². The van der Waals surface area contributed by atoms with Crippen LogP contribution in [0.3, 0.4) is 0 Å². The molecule has 90 valence electrons. The maximum atomic E-state index is 9.15. The molecule has 1 aromatic carbocycles. The fraction of sp³-hybridized carbons (Fsp3) is 0.375. The molecule has 1 fully saturated rings. The van der Waals surface area contributed by atoms with E-state index in [-0.39, 0.29) is 0 Å². The minimum Gasteiger partial charge on any atom is -0.192 e. The Morgan fingerprint density at radius 2 is 2.17 bits per heavy atom. The van der Waals surface area contributed by atoms with Gasteiger partial charge in [-0.25, -0.2) is 0 Å². The van der Waals surface area contributed by atoms with E-state index in [0.29, 0.717) is 11.8 Å². The number of rotatable bonds is 2. The second kappa shape index (κ2) is 4.35. The third kappa shape index (κ3) is 2.01. The summed E-state index contributed by atoms with van der Waals surface area (Å²) in [4.78, 5) is 2.50. The third-order valence-corrected chi connectivity index (χ3v) is 4.79. The first-order valence-corrected chi connectivity index (χ1v) is 7.23. The highest BCUT2D eigenvalue weighted by atomic mass is 32.2. The van der Waals surface area contributed by atoms with Crippen LogP contribution < -0.4 is 0 Å². The van der Waals surface area contributed by atoms with Gasteiger partial charge in [-0.15, -0.1) is 5.73 Å². The number of nitriles is 1. The summed E-state index contributed by atoms with van der Waals surface area (Å²) in [5, 5.41) is 9.15. The van der Waals surface area contributed by atoms with Gasteiger partial charge in [0.25, 0.3) is 0 Å². The highest BCUT2D eigenvalue weighted by Gasteiger charge is 2.28. The molecular weight excluding hydrogens is 238 g/mol. The maximum absolute atomic E-state index is 9.15. The van der Waals surface area contributed by atoms with Crippen LogP contribution in [-0.2, 0) is 0 Å². The van der Waals surface area contributed by atoms with Crippen LogP contribution in [0.5, 0.6) is 0 Å². The van der Waals surface area contributed by atoms with Crippen molar-refractivity contribution in [2.45, 2.75) is 37.5 Å². The number of fused-ring (bicyclic) bond motifs is 1. The van der Waals surface area contributed by atoms with Crippen molar-refractivity contribution < 1.29 is 0 Å². The van der Waals surface area contributed by atoms with Crippen LogP contribution in [0.15, 0.2) is 27.7 Å². The molecule has 1 nitrogen and oxygen atoms in total. The largest absolute Gasteiger partial charge is 0.192 e. The van der Waals surface area contributed by atoms with Gasteiger partial charge in [-0.2, -0.15) is 5.26 Å². The molecule has 0 amide bonds. The molecule has 0 N–H and O–H groups in total. The summed E-state index contributed by atoms with van der Waals surface area (Å²) >= 11 is 1.78. The van der Waals surface area contributed by atoms with E-state index in [9.17, 15) is 0 Å². The Hall–Kier alpha value is -1.42. The topological polar surface area (TPSA) is 23.8 Å². The molecule has 1 aliphatic heterocycles. The lowest BCUT2D eigenvalue weighted by molar-refractivity contribution is 0.817. The highest BCUT2D eigenvalue weighted by molar-refractivity contribution is 8.03. The van der Waals surface area contributed by atoms with E-state index >= 15 is 0 Å². The first-order valence-electron chi connectivity index (χ1n) is 6.41. The van der Waals surface area contributed by atoms with Gasteiger partial charge < -0.3 is 0 Å². The number of allylic oxidation sites excluding steroid dienone is 1. The summed E-state index contributed by atoms with van der Waals surface area (Å²) in [6.07, 6.45) is 4.65. The predicted molar refractivity (Wildman–Crippen MR) is 75.3 cm³/mol. The minimum absolute atomic E-state index is 0.495. The van der Waals surface area contributed by atoms with E-state index in [2.05, 4.69) is 37.8 Å². The zero-order chi connectivity index (χ0) is 12.7. The lowest BCUT2D eigenvalue weighted by Gasteiger charge is -2.17. The first-order chi connectivity index (χ1) is 8.69. The summed E-state index contributed by atoms with van der Waals surface area (Å²) in [5.41, 5.74) is 6.85. The summed E-state index contributed by atoms with van der Waals surface area (Å²) in [6.45, 7) is 4.37. The summed E-state index contributed by atoms with van der Waals surface area (Å²) in [7, 11) is 0. The Morgan fingerprint density at radius 3 is 2.78 bits per heavy atom. The van der Waals surface area contributed by atoms with Crippen LogP contribution in [0.2, 0.25) is 0 Å². The van der Waals surface area contributed by atoms with Crippen molar-refractivity contribution in [3.05, 3.63) is 39.5 Å². The van der Waals surface area contributed by atoms with E-state index in [4.69, 9.17) is 5.26 Å². The van der Waals surface area contributed by atoms with Gasteiger partial charge >= 0.3 is 0 Å². The van der Waals surface area contributed by atoms with Crippen LogP contribution in [0.1, 0.15) is 49.3 Å². The monoisotopic (exact) mass is 253 g/mol. The molecule has 0 bridgehead atoms. The molecule has 1 heterocycles. The molecule has 1 aliphatic carbocycles. The van der Waals surface area contributed by atoms with Gasteiger partial charge in [-0.1, -0.05) is 25.6 Å². The van der Waals surface area contributed by atoms with Gasteiger partial charge in [0, 0.05) is 9.80 Å². The van der Waals surface area contributed by atoms with Crippen LogP contribution in [0, 0.1) is 17.2 Å². The smallest absolute Gasteiger partial charge is 0.0992 e. The van der Waals surface area contributed by atoms with Crippen LogP contribution in [0.25, 0.3) is 6.08 Å². The molecule has 0 aromatic heterocycles. The van der Waals surface area contributed by atoms with E-state index in [1.165, 1.54) is 33.8 Å². The molecule has 0 saturated heterocycles. The average Bonchev–Trinajstić information content (AvgIpc) is 3.20. The Morgan fingerprint density at radius 1 is 1.39 bits per heavy atom. The van der Waals surface area contributed by atoms with Crippen molar-refractivity contribution in [3.63, 3.8) is 0 Å². The standard InChI is InChI=1S/C16H15NS/c1-10(2)15-6-5-13-14(12-3-4-12)7-11(9-17)8-16(13)18-15/h5,7-8,10,12H,3-4H2,1-2H3. The van der Waals surface area contributed by atoms with Gasteiger partial charge in [0.2, 0.25) is 0 Å². The molecule has 3 rings (SSSR count). The Bertz CT molecular complexity index is 609. The van der Waals surface area contributed by atoms with Gasteiger partial charge in [-0.05, 0) is 54.0 Å². The zero-order valence-electron chi connectivity index (χ0n) is 10.7. The predicted octanol–water partition coefficient (Wildman–Crippen LogP) is 4.69. The van der Waals surface area contributed by atoms with E-state index < -0.39 is 0 Å². The van der Waals surface area contributed by atoms with Crippen LogP contribution in [-0.4, -0.2) is 0 Å².